The SMILES string of the molecule is N#Cc1ccncc1.[CH3-].[NH2-].[NH2-].[NH2-].[NH2-].[NH2-].[NH2-].[NH2-].[NH2-].[NH2-].[Ru+5].[Ru+5]. The number of nitrogens with zero attached hydrogens (tertiary/aromatic N) is 2. The van der Waals surface area contributed by atoms with Crippen molar-refractivity contribution in [2.24, 2.45) is 0 Å². The Labute approximate surface area is 148 Å². The maximum Gasteiger partial charge on any atom is 5.00 e. The van der Waals surface area contributed by atoms with Crippen LogP contribution in [0.1, 0.15) is 5.56 Å². The summed E-state index contributed by atoms with van der Waals surface area (Å²) in [5, 5.41) is 8.26. The van der Waals surface area contributed by atoms with Crippen LogP contribution in [0.4, 0.5) is 0 Å². The van der Waals surface area contributed by atoms with E-state index in [2.05, 4.69) is 4.98 Å². The number of pyridine rings is 1. The molecule has 11 nitrogen and oxygen atoms in total. The average Bonchev–Trinajstić information content (AvgIpc) is 1.90. The Balaban J connectivity index is -0.00000000533. The standard InChI is InChI=1S/C6H4N2.CH3.9H2N.2Ru/c7-5-6-1-3-8-4-2-6;;;;;;;;;;;;/h1-4H;1H3;9*1H2;;/q;10*-1;2*+5. The van der Waals surface area contributed by atoms with E-state index in [0.29, 0.717) is 5.56 Å². The number of aromatic nitrogens is 1. The van der Waals surface area contributed by atoms with E-state index in [1.165, 1.54) is 0 Å². The first-order chi connectivity index (χ1) is 3.93. The summed E-state index contributed by atoms with van der Waals surface area (Å²) in [5.74, 6) is 0. The molecule has 1 rings (SSSR count). The fraction of sp³-hybridized carbons (Fsp3) is 0. The van der Waals surface area contributed by atoms with Crippen molar-refractivity contribution in [3.63, 3.8) is 0 Å². The molecule has 0 atom stereocenters. The zero-order chi connectivity index (χ0) is 5.82. The third-order valence-corrected chi connectivity index (χ3v) is 0.809. The van der Waals surface area contributed by atoms with Crippen molar-refractivity contribution in [1.29, 1.82) is 5.26 Å². The first kappa shape index (κ1) is 118. The van der Waals surface area contributed by atoms with Crippen molar-refractivity contribution in [2.75, 3.05) is 0 Å². The second kappa shape index (κ2) is 78.3. The quantitative estimate of drug-likeness (QED) is 0.272. The van der Waals surface area contributed by atoms with E-state index in [1.807, 2.05) is 6.07 Å². The van der Waals surface area contributed by atoms with Gasteiger partial charge in [0.1, 0.15) is 0 Å². The topological polar surface area (TPSA) is 338 Å². The van der Waals surface area contributed by atoms with Gasteiger partial charge in [0.25, 0.3) is 0 Å². The molecule has 1 aromatic rings. The maximum atomic E-state index is 8.26. The summed E-state index contributed by atoms with van der Waals surface area (Å²) >= 11 is 0. The van der Waals surface area contributed by atoms with Gasteiger partial charge in [-0.05, 0) is 12.1 Å². The molecule has 1 heterocycles. The van der Waals surface area contributed by atoms with Gasteiger partial charge in [-0.3, -0.25) is 4.98 Å². The van der Waals surface area contributed by atoms with E-state index < -0.39 is 0 Å². The number of hydrogen-bond donors (Lipinski definition) is 0. The van der Waals surface area contributed by atoms with Crippen LogP contribution in [0, 0.1) is 18.8 Å². The van der Waals surface area contributed by atoms with Crippen LogP contribution in [0.3, 0.4) is 0 Å². The Morgan fingerprint density at radius 1 is 0.700 bits per heavy atom. The van der Waals surface area contributed by atoms with Crippen LogP contribution in [-0.2, 0) is 39.0 Å². The maximum absolute atomic E-state index is 8.26. The Hall–Kier alpha value is -0.473. The van der Waals surface area contributed by atoms with Gasteiger partial charge in [0, 0.05) is 12.4 Å². The third-order valence-electron chi connectivity index (χ3n) is 0.809. The zero-order valence-electron chi connectivity index (χ0n) is 11.1. The molecule has 0 aliphatic carbocycles. The van der Waals surface area contributed by atoms with Crippen molar-refractivity contribution >= 4 is 0 Å². The fourth-order valence-electron chi connectivity index (χ4n) is 0.426. The predicted octanol–water partition coefficient (Wildman–Crippen LogP) is 7.85. The van der Waals surface area contributed by atoms with E-state index >= 15 is 0 Å². The first-order valence-corrected chi connectivity index (χ1v) is 2.23. The Morgan fingerprint density at radius 2 is 0.950 bits per heavy atom. The molecule has 2 radical (unpaired) electrons. The predicted molar refractivity (Wildman–Crippen MR) is 82.9 cm³/mol. The molecule has 0 amide bonds. The van der Waals surface area contributed by atoms with Crippen LogP contribution < -0.4 is 0 Å². The summed E-state index contributed by atoms with van der Waals surface area (Å²) < 4.78 is 0. The molecule has 0 spiro atoms. The Morgan fingerprint density at radius 3 is 1.10 bits per heavy atom. The van der Waals surface area contributed by atoms with Crippen LogP contribution in [-0.4, -0.2) is 4.98 Å². The van der Waals surface area contributed by atoms with Gasteiger partial charge in [0.2, 0.25) is 0 Å². The average molecular weight is 465 g/mol. The largest absolute Gasteiger partial charge is 5.00 e. The molecule has 13 heteroatoms. The molecule has 1 aromatic heterocycles. The van der Waals surface area contributed by atoms with Gasteiger partial charge in [-0.25, -0.2) is 0 Å². The van der Waals surface area contributed by atoms with Crippen LogP contribution in [0.2, 0.25) is 0 Å². The molecule has 0 saturated carbocycles. The number of nitrogens with two attached hydrogens (primary N) is 9. The molecule has 0 fully saturated rings. The molecule has 18 N–H and O–H groups in total. The first-order valence-electron chi connectivity index (χ1n) is 2.23. The molecule has 0 aromatic carbocycles. The van der Waals surface area contributed by atoms with Gasteiger partial charge in [-0.15, -0.1) is 0 Å². The van der Waals surface area contributed by atoms with Crippen molar-refractivity contribution in [3.05, 3.63) is 92.9 Å². The van der Waals surface area contributed by atoms with Crippen molar-refractivity contribution < 1.29 is 39.0 Å². The van der Waals surface area contributed by atoms with Crippen molar-refractivity contribution in [2.45, 2.75) is 0 Å². The van der Waals surface area contributed by atoms with Gasteiger partial charge in [0.05, 0.1) is 11.6 Å². The van der Waals surface area contributed by atoms with Crippen LogP contribution >= 0.6 is 0 Å². The number of rotatable bonds is 0. The molecule has 0 unspecified atom stereocenters. The minimum absolute atomic E-state index is 0. The van der Waals surface area contributed by atoms with Crippen LogP contribution in [0.25, 0.3) is 55.4 Å². The molecule has 0 bridgehead atoms. The minimum Gasteiger partial charge on any atom is -0.693 e. The molecular formula is C7H25N11Ru2. The third kappa shape index (κ3) is 52.7. The number of nitriles is 1. The van der Waals surface area contributed by atoms with Gasteiger partial charge in [-0.2, -0.15) is 5.26 Å². The van der Waals surface area contributed by atoms with E-state index in [1.54, 1.807) is 24.5 Å². The smallest absolute Gasteiger partial charge is 0.693 e. The summed E-state index contributed by atoms with van der Waals surface area (Å²) in [4.78, 5) is 3.74. The van der Waals surface area contributed by atoms with Gasteiger partial charge >= 0.3 is 39.0 Å². The minimum atomic E-state index is 0. The van der Waals surface area contributed by atoms with Gasteiger partial charge in [0.15, 0.2) is 0 Å². The summed E-state index contributed by atoms with van der Waals surface area (Å²) in [6.07, 6.45) is 3.19. The normalized spacial score (nSPS) is 3.15. The molecule has 0 saturated heterocycles. The molecule has 0 aliphatic heterocycles. The van der Waals surface area contributed by atoms with Gasteiger partial charge < -0.3 is 62.8 Å². The monoisotopic (exact) mass is 467 g/mol. The van der Waals surface area contributed by atoms with Crippen molar-refractivity contribution in [1.82, 2.24) is 4.98 Å². The van der Waals surface area contributed by atoms with Crippen molar-refractivity contribution in [3.8, 4) is 6.07 Å². The van der Waals surface area contributed by atoms with Crippen LogP contribution in [0.5, 0.6) is 0 Å². The second-order valence-corrected chi connectivity index (χ2v) is 1.35. The second-order valence-electron chi connectivity index (χ2n) is 1.35. The molecule has 124 valence electrons. The molecule has 0 aliphatic rings. The van der Waals surface area contributed by atoms with E-state index in [-0.39, 0.29) is 102 Å². The zero-order valence-corrected chi connectivity index (χ0v) is 14.6. The van der Waals surface area contributed by atoms with Crippen LogP contribution in [0.15, 0.2) is 24.5 Å². The Bertz CT molecular complexity index is 218. The fourth-order valence-corrected chi connectivity index (χ4v) is 0.426. The van der Waals surface area contributed by atoms with E-state index in [0.717, 1.165) is 0 Å². The summed E-state index contributed by atoms with van der Waals surface area (Å²) in [5.41, 5.74) is 0.653. The van der Waals surface area contributed by atoms with E-state index in [9.17, 15) is 0 Å². The molecular weight excluding hydrogens is 440 g/mol. The van der Waals surface area contributed by atoms with Gasteiger partial charge in [-0.1, -0.05) is 0 Å². The summed E-state index contributed by atoms with van der Waals surface area (Å²) in [7, 11) is 0. The number of hydrogen-bond acceptors (Lipinski definition) is 2. The van der Waals surface area contributed by atoms with E-state index in [4.69, 9.17) is 5.26 Å². The Kier molecular flexibility index (Phi) is 463. The summed E-state index contributed by atoms with van der Waals surface area (Å²) in [6.45, 7) is 0. The molecule has 20 heavy (non-hydrogen) atoms. The summed E-state index contributed by atoms with van der Waals surface area (Å²) in [6, 6.07) is 5.32.